The number of hydrogen-bond donors (Lipinski definition) is 1. The summed E-state index contributed by atoms with van der Waals surface area (Å²) in [5.41, 5.74) is 0.973. The van der Waals surface area contributed by atoms with Crippen molar-refractivity contribution in [1.82, 2.24) is 10.2 Å². The molecule has 7 nitrogen and oxygen atoms in total. The summed E-state index contributed by atoms with van der Waals surface area (Å²) in [5, 5.41) is 11.0. The molecule has 25 heavy (non-hydrogen) atoms. The molecule has 0 aliphatic carbocycles. The molecular formula is C18H20N4O3. The van der Waals surface area contributed by atoms with Crippen molar-refractivity contribution in [2.24, 2.45) is 5.92 Å². The molecule has 0 atom stereocenters. The zero-order valence-corrected chi connectivity index (χ0v) is 14.0. The Morgan fingerprint density at radius 2 is 1.80 bits per heavy atom. The zero-order chi connectivity index (χ0) is 17.6. The third-order valence-corrected chi connectivity index (χ3v) is 4.27. The SMILES string of the molecule is COC(=O)C1CCN(c2ccc(C(=O)Nc3ccccc3)nn2)CC1. The summed E-state index contributed by atoms with van der Waals surface area (Å²) in [4.78, 5) is 25.8. The fourth-order valence-electron chi connectivity index (χ4n) is 2.84. The highest BCUT2D eigenvalue weighted by Gasteiger charge is 2.26. The van der Waals surface area contributed by atoms with Crippen molar-refractivity contribution < 1.29 is 14.3 Å². The Morgan fingerprint density at radius 3 is 2.40 bits per heavy atom. The van der Waals surface area contributed by atoms with Gasteiger partial charge in [0, 0.05) is 18.8 Å². The van der Waals surface area contributed by atoms with Crippen LogP contribution in [0.5, 0.6) is 0 Å². The molecule has 1 amide bonds. The van der Waals surface area contributed by atoms with Crippen molar-refractivity contribution >= 4 is 23.4 Å². The highest BCUT2D eigenvalue weighted by atomic mass is 16.5. The Balaban J connectivity index is 1.59. The molecule has 1 fully saturated rings. The summed E-state index contributed by atoms with van der Waals surface area (Å²) in [7, 11) is 1.42. The van der Waals surface area contributed by atoms with Crippen molar-refractivity contribution in [1.29, 1.82) is 0 Å². The highest BCUT2D eigenvalue weighted by Crippen LogP contribution is 2.22. The average Bonchev–Trinajstić information content (AvgIpc) is 2.68. The number of amides is 1. The van der Waals surface area contributed by atoms with Crippen LogP contribution < -0.4 is 10.2 Å². The number of nitrogens with zero attached hydrogens (tertiary/aromatic N) is 3. The summed E-state index contributed by atoms with van der Waals surface area (Å²) in [6.45, 7) is 1.42. The lowest BCUT2D eigenvalue weighted by molar-refractivity contribution is -0.146. The van der Waals surface area contributed by atoms with Gasteiger partial charge in [0.25, 0.3) is 5.91 Å². The fourth-order valence-corrected chi connectivity index (χ4v) is 2.84. The number of aromatic nitrogens is 2. The monoisotopic (exact) mass is 340 g/mol. The zero-order valence-electron chi connectivity index (χ0n) is 14.0. The van der Waals surface area contributed by atoms with Gasteiger partial charge in [0.1, 0.15) is 0 Å². The Bertz CT molecular complexity index is 726. The van der Waals surface area contributed by atoms with Gasteiger partial charge in [0.2, 0.25) is 0 Å². The van der Waals surface area contributed by atoms with Crippen molar-refractivity contribution in [3.05, 3.63) is 48.2 Å². The van der Waals surface area contributed by atoms with Crippen LogP contribution in [-0.2, 0) is 9.53 Å². The molecule has 1 aliphatic rings. The van der Waals surface area contributed by atoms with Gasteiger partial charge in [0.05, 0.1) is 13.0 Å². The van der Waals surface area contributed by atoms with E-state index >= 15 is 0 Å². The van der Waals surface area contributed by atoms with Crippen LogP contribution in [0.25, 0.3) is 0 Å². The summed E-state index contributed by atoms with van der Waals surface area (Å²) in [6.07, 6.45) is 1.45. The number of methoxy groups -OCH3 is 1. The van der Waals surface area contributed by atoms with E-state index < -0.39 is 0 Å². The Kier molecular flexibility index (Phi) is 5.23. The maximum atomic E-state index is 12.2. The average molecular weight is 340 g/mol. The van der Waals surface area contributed by atoms with Gasteiger partial charge < -0.3 is 15.0 Å². The van der Waals surface area contributed by atoms with Crippen molar-refractivity contribution in [3.8, 4) is 0 Å². The van der Waals surface area contributed by atoms with Crippen molar-refractivity contribution in [2.45, 2.75) is 12.8 Å². The summed E-state index contributed by atoms with van der Waals surface area (Å²) in [6, 6.07) is 12.6. The molecule has 0 saturated carbocycles. The van der Waals surface area contributed by atoms with Gasteiger partial charge >= 0.3 is 5.97 Å². The highest BCUT2D eigenvalue weighted by molar-refractivity contribution is 6.02. The van der Waals surface area contributed by atoms with Crippen LogP contribution in [0.15, 0.2) is 42.5 Å². The number of rotatable bonds is 4. The minimum Gasteiger partial charge on any atom is -0.469 e. The van der Waals surface area contributed by atoms with E-state index in [1.165, 1.54) is 7.11 Å². The second kappa shape index (κ2) is 7.74. The van der Waals surface area contributed by atoms with Crippen LogP contribution in [0.1, 0.15) is 23.3 Å². The number of ether oxygens (including phenoxy) is 1. The third kappa shape index (κ3) is 4.12. The molecule has 0 spiro atoms. The number of hydrogen-bond acceptors (Lipinski definition) is 6. The Morgan fingerprint density at radius 1 is 1.08 bits per heavy atom. The second-order valence-electron chi connectivity index (χ2n) is 5.88. The second-order valence-corrected chi connectivity index (χ2v) is 5.88. The summed E-state index contributed by atoms with van der Waals surface area (Å²) >= 11 is 0. The smallest absolute Gasteiger partial charge is 0.308 e. The summed E-state index contributed by atoms with van der Waals surface area (Å²) in [5.74, 6) is 0.207. The van der Waals surface area contributed by atoms with Crippen LogP contribution in [-0.4, -0.2) is 42.3 Å². The third-order valence-electron chi connectivity index (χ3n) is 4.27. The van der Waals surface area contributed by atoms with E-state index in [2.05, 4.69) is 20.4 Å². The van der Waals surface area contributed by atoms with Crippen molar-refractivity contribution in [2.75, 3.05) is 30.4 Å². The van der Waals surface area contributed by atoms with Gasteiger partial charge in [-0.25, -0.2) is 0 Å². The normalized spacial score (nSPS) is 14.8. The molecule has 0 bridgehead atoms. The van der Waals surface area contributed by atoms with Crippen LogP contribution >= 0.6 is 0 Å². The molecule has 2 aromatic rings. The van der Waals surface area contributed by atoms with E-state index in [0.717, 1.165) is 12.8 Å². The number of carbonyl (C=O) groups is 2. The molecule has 1 aromatic carbocycles. The van der Waals surface area contributed by atoms with E-state index in [1.54, 1.807) is 12.1 Å². The molecule has 130 valence electrons. The predicted octanol–water partition coefficient (Wildman–Crippen LogP) is 2.12. The topological polar surface area (TPSA) is 84.4 Å². The number of anilines is 2. The Hall–Kier alpha value is -2.96. The molecule has 1 aromatic heterocycles. The molecule has 1 aliphatic heterocycles. The Labute approximate surface area is 146 Å². The number of nitrogens with one attached hydrogen (secondary N) is 1. The first-order valence-electron chi connectivity index (χ1n) is 8.20. The first-order valence-corrected chi connectivity index (χ1v) is 8.20. The van der Waals surface area contributed by atoms with E-state index in [4.69, 9.17) is 4.74 Å². The van der Waals surface area contributed by atoms with E-state index in [-0.39, 0.29) is 23.5 Å². The first kappa shape index (κ1) is 16.9. The maximum absolute atomic E-state index is 12.2. The number of piperidine rings is 1. The molecule has 2 heterocycles. The predicted molar refractivity (Wildman–Crippen MR) is 93.4 cm³/mol. The van der Waals surface area contributed by atoms with Gasteiger partial charge in [-0.15, -0.1) is 10.2 Å². The minimum atomic E-state index is -0.297. The lowest BCUT2D eigenvalue weighted by Crippen LogP contribution is -2.37. The van der Waals surface area contributed by atoms with Gasteiger partial charge in [-0.3, -0.25) is 9.59 Å². The lowest BCUT2D eigenvalue weighted by atomic mass is 9.97. The van der Waals surface area contributed by atoms with Crippen LogP contribution in [0.4, 0.5) is 11.5 Å². The molecule has 0 radical (unpaired) electrons. The number of benzene rings is 1. The first-order chi connectivity index (χ1) is 12.2. The number of esters is 1. The van der Waals surface area contributed by atoms with Crippen LogP contribution in [0, 0.1) is 5.92 Å². The number of carbonyl (C=O) groups excluding carboxylic acids is 2. The van der Waals surface area contributed by atoms with Crippen LogP contribution in [0.2, 0.25) is 0 Å². The van der Waals surface area contributed by atoms with Gasteiger partial charge in [-0.2, -0.15) is 0 Å². The summed E-state index contributed by atoms with van der Waals surface area (Å²) < 4.78 is 4.79. The molecule has 1 saturated heterocycles. The fraction of sp³-hybridized carbons (Fsp3) is 0.333. The molecular weight excluding hydrogens is 320 g/mol. The lowest BCUT2D eigenvalue weighted by Gasteiger charge is -2.31. The maximum Gasteiger partial charge on any atom is 0.308 e. The number of para-hydroxylation sites is 1. The van der Waals surface area contributed by atoms with E-state index in [0.29, 0.717) is 24.6 Å². The molecule has 0 unspecified atom stereocenters. The van der Waals surface area contributed by atoms with E-state index in [1.807, 2.05) is 30.3 Å². The standard InChI is InChI=1S/C18H20N4O3/c1-25-18(24)13-9-11-22(12-10-13)16-8-7-15(20-21-16)17(23)19-14-5-3-2-4-6-14/h2-8,13H,9-12H2,1H3,(H,19,23). The largest absolute Gasteiger partial charge is 0.469 e. The van der Waals surface area contributed by atoms with E-state index in [9.17, 15) is 9.59 Å². The molecule has 3 rings (SSSR count). The minimum absolute atomic E-state index is 0.0508. The van der Waals surface area contributed by atoms with Crippen molar-refractivity contribution in [3.63, 3.8) is 0 Å². The quantitative estimate of drug-likeness (QED) is 0.858. The van der Waals surface area contributed by atoms with Gasteiger partial charge in [0.15, 0.2) is 11.5 Å². The van der Waals surface area contributed by atoms with Gasteiger partial charge in [-0.05, 0) is 37.1 Å². The molecule has 7 heteroatoms. The van der Waals surface area contributed by atoms with Crippen LogP contribution in [0.3, 0.4) is 0 Å². The molecule has 1 N–H and O–H groups in total. The van der Waals surface area contributed by atoms with Gasteiger partial charge in [-0.1, -0.05) is 18.2 Å².